The van der Waals surface area contributed by atoms with Crippen molar-refractivity contribution in [1.82, 2.24) is 9.47 Å². The molecule has 2 heterocycles. The molecule has 38 heavy (non-hydrogen) atoms. The molecule has 2 aliphatic rings. The van der Waals surface area contributed by atoms with Gasteiger partial charge >= 0.3 is 6.03 Å². The van der Waals surface area contributed by atoms with Crippen LogP contribution in [0.1, 0.15) is 35.7 Å². The maximum Gasteiger partial charge on any atom is 0.322 e. The number of carbonyl (C=O) groups excluding carboxylic acids is 2. The Labute approximate surface area is 231 Å². The molecule has 1 aliphatic heterocycles. The SMILES string of the molecule is Cc1cccc(C2c3cccn3-c3ccccc3N2C(=O)CN(C(=O)Nc2ccc(Cl)cc2Cl)C2CC2)c1. The highest BCUT2D eigenvalue weighted by Gasteiger charge is 2.40. The summed E-state index contributed by atoms with van der Waals surface area (Å²) in [4.78, 5) is 31.1. The van der Waals surface area contributed by atoms with Crippen LogP contribution in [-0.2, 0) is 4.79 Å². The standard InChI is InChI=1S/C30H26Cl2N4O2/c1-19-6-4-7-20(16-19)29-27-10-5-15-34(27)25-8-2-3-9-26(25)36(29)28(37)18-35(22-12-13-22)30(38)33-24-14-11-21(31)17-23(24)32/h2-11,14-17,22,29H,12-13,18H2,1H3,(H,33,38). The smallest absolute Gasteiger partial charge is 0.316 e. The Balaban J connectivity index is 1.36. The molecule has 0 radical (unpaired) electrons. The fourth-order valence-corrected chi connectivity index (χ4v) is 5.63. The number of aromatic nitrogens is 1. The van der Waals surface area contributed by atoms with E-state index in [1.807, 2.05) is 60.5 Å². The molecule has 4 aromatic rings. The summed E-state index contributed by atoms with van der Waals surface area (Å²) in [5, 5.41) is 3.70. The number of hydrogen-bond donors (Lipinski definition) is 1. The Morgan fingerprint density at radius 2 is 1.74 bits per heavy atom. The normalized spacial score (nSPS) is 16.0. The predicted molar refractivity (Wildman–Crippen MR) is 151 cm³/mol. The van der Waals surface area contributed by atoms with Gasteiger partial charge in [-0.3, -0.25) is 9.69 Å². The summed E-state index contributed by atoms with van der Waals surface area (Å²) in [6.45, 7) is 1.99. The number of urea groups is 1. The molecule has 1 aliphatic carbocycles. The molecule has 6 rings (SSSR count). The number of rotatable bonds is 5. The largest absolute Gasteiger partial charge is 0.322 e. The van der Waals surface area contributed by atoms with E-state index in [2.05, 4.69) is 28.1 Å². The highest BCUT2D eigenvalue weighted by atomic mass is 35.5. The first kappa shape index (κ1) is 24.6. The Kier molecular flexibility index (Phi) is 6.38. The lowest BCUT2D eigenvalue weighted by atomic mass is 9.96. The number of nitrogens with zero attached hydrogens (tertiary/aromatic N) is 3. The highest BCUT2D eigenvalue weighted by molar-refractivity contribution is 6.36. The second-order valence-corrected chi connectivity index (χ2v) is 10.6. The van der Waals surface area contributed by atoms with Crippen molar-refractivity contribution >= 4 is 46.5 Å². The van der Waals surface area contributed by atoms with E-state index >= 15 is 0 Å². The maximum atomic E-state index is 14.2. The monoisotopic (exact) mass is 544 g/mol. The van der Waals surface area contributed by atoms with E-state index in [-0.39, 0.29) is 30.6 Å². The van der Waals surface area contributed by atoms with E-state index in [1.54, 1.807) is 23.1 Å². The van der Waals surface area contributed by atoms with Gasteiger partial charge < -0.3 is 14.8 Å². The van der Waals surface area contributed by atoms with Crippen molar-refractivity contribution in [3.8, 4) is 5.69 Å². The molecular formula is C30H26Cl2N4O2. The van der Waals surface area contributed by atoms with Crippen LogP contribution in [0.4, 0.5) is 16.2 Å². The zero-order chi connectivity index (χ0) is 26.4. The minimum Gasteiger partial charge on any atom is -0.316 e. The Hall–Kier alpha value is -3.74. The number of aryl methyl sites for hydroxylation is 1. The fourth-order valence-electron chi connectivity index (χ4n) is 5.17. The Bertz CT molecular complexity index is 1540. The number of fused-ring (bicyclic) bond motifs is 3. The van der Waals surface area contributed by atoms with E-state index in [1.165, 1.54) is 0 Å². The van der Waals surface area contributed by atoms with Crippen molar-refractivity contribution in [3.63, 3.8) is 0 Å². The van der Waals surface area contributed by atoms with Crippen LogP contribution in [0.5, 0.6) is 0 Å². The molecule has 1 unspecified atom stereocenters. The fraction of sp³-hybridized carbons (Fsp3) is 0.200. The molecule has 0 saturated heterocycles. The quantitative estimate of drug-likeness (QED) is 0.288. The average molecular weight is 545 g/mol. The summed E-state index contributed by atoms with van der Waals surface area (Å²) in [6.07, 6.45) is 3.74. The zero-order valence-electron chi connectivity index (χ0n) is 20.8. The second kappa shape index (κ2) is 9.86. The molecule has 3 amide bonds. The average Bonchev–Trinajstić information content (AvgIpc) is 3.63. The first-order valence-corrected chi connectivity index (χ1v) is 13.3. The zero-order valence-corrected chi connectivity index (χ0v) is 22.3. The number of para-hydroxylation sites is 2. The van der Waals surface area contributed by atoms with Gasteiger partial charge in [-0.2, -0.15) is 0 Å². The molecule has 1 fully saturated rings. The highest BCUT2D eigenvalue weighted by Crippen LogP contribution is 2.42. The van der Waals surface area contributed by atoms with E-state index < -0.39 is 0 Å². The molecule has 0 bridgehead atoms. The minimum atomic E-state index is -0.356. The summed E-state index contributed by atoms with van der Waals surface area (Å²) in [6, 6.07) is 24.4. The van der Waals surface area contributed by atoms with E-state index in [4.69, 9.17) is 23.2 Å². The molecule has 1 atom stereocenters. The van der Waals surface area contributed by atoms with Gasteiger partial charge in [-0.1, -0.05) is 65.2 Å². The van der Waals surface area contributed by atoms with Crippen LogP contribution in [0.2, 0.25) is 10.0 Å². The Morgan fingerprint density at radius 3 is 2.47 bits per heavy atom. The summed E-state index contributed by atoms with van der Waals surface area (Å²) in [5.41, 5.74) is 5.33. The van der Waals surface area contributed by atoms with Crippen molar-refractivity contribution in [3.05, 3.63) is 112 Å². The molecule has 6 nitrogen and oxygen atoms in total. The van der Waals surface area contributed by atoms with Crippen molar-refractivity contribution in [2.24, 2.45) is 0 Å². The van der Waals surface area contributed by atoms with Gasteiger partial charge in [0, 0.05) is 17.3 Å². The van der Waals surface area contributed by atoms with Crippen molar-refractivity contribution in [2.75, 3.05) is 16.8 Å². The van der Waals surface area contributed by atoms with Crippen LogP contribution in [-0.4, -0.2) is 34.0 Å². The number of halogens is 2. The maximum absolute atomic E-state index is 14.2. The van der Waals surface area contributed by atoms with Gasteiger partial charge in [0.25, 0.3) is 0 Å². The molecule has 192 valence electrons. The number of hydrogen-bond acceptors (Lipinski definition) is 2. The van der Waals surface area contributed by atoms with Crippen LogP contribution in [0.15, 0.2) is 85.1 Å². The molecule has 1 aromatic heterocycles. The third-order valence-corrected chi connectivity index (χ3v) is 7.62. The number of nitrogens with one attached hydrogen (secondary N) is 1. The van der Waals surface area contributed by atoms with Gasteiger partial charge in [0.1, 0.15) is 12.6 Å². The van der Waals surface area contributed by atoms with Crippen LogP contribution < -0.4 is 10.2 Å². The van der Waals surface area contributed by atoms with Gasteiger partial charge in [0.05, 0.1) is 27.8 Å². The summed E-state index contributed by atoms with van der Waals surface area (Å²) < 4.78 is 2.14. The molecule has 1 saturated carbocycles. The lowest BCUT2D eigenvalue weighted by molar-refractivity contribution is -0.119. The van der Waals surface area contributed by atoms with Crippen LogP contribution in [0, 0.1) is 6.92 Å². The first-order valence-electron chi connectivity index (χ1n) is 12.6. The first-order chi connectivity index (χ1) is 18.4. The van der Waals surface area contributed by atoms with E-state index in [0.717, 1.165) is 41.0 Å². The third kappa shape index (κ3) is 4.55. The Morgan fingerprint density at radius 1 is 0.947 bits per heavy atom. The summed E-state index contributed by atoms with van der Waals surface area (Å²) in [5.74, 6) is -0.152. The lowest BCUT2D eigenvalue weighted by Gasteiger charge is -2.39. The predicted octanol–water partition coefficient (Wildman–Crippen LogP) is 7.23. The molecule has 1 N–H and O–H groups in total. The van der Waals surface area contributed by atoms with Gasteiger partial charge in [0.15, 0.2) is 0 Å². The van der Waals surface area contributed by atoms with Crippen LogP contribution in [0.25, 0.3) is 5.69 Å². The molecule has 0 spiro atoms. The number of carbonyl (C=O) groups is 2. The van der Waals surface area contributed by atoms with Gasteiger partial charge in [-0.25, -0.2) is 4.79 Å². The third-order valence-electron chi connectivity index (χ3n) is 7.07. The molecule has 3 aromatic carbocycles. The van der Waals surface area contributed by atoms with Gasteiger partial charge in [-0.05, 0) is 67.8 Å². The second-order valence-electron chi connectivity index (χ2n) is 9.79. The van der Waals surface area contributed by atoms with Gasteiger partial charge in [0.2, 0.25) is 5.91 Å². The summed E-state index contributed by atoms with van der Waals surface area (Å²) >= 11 is 12.3. The number of amides is 3. The number of anilines is 2. The van der Waals surface area contributed by atoms with Crippen molar-refractivity contribution in [2.45, 2.75) is 31.8 Å². The van der Waals surface area contributed by atoms with E-state index in [9.17, 15) is 9.59 Å². The molecular weight excluding hydrogens is 519 g/mol. The van der Waals surface area contributed by atoms with Crippen molar-refractivity contribution < 1.29 is 9.59 Å². The van der Waals surface area contributed by atoms with Crippen molar-refractivity contribution in [1.29, 1.82) is 0 Å². The van der Waals surface area contributed by atoms with Crippen LogP contribution in [0.3, 0.4) is 0 Å². The number of benzene rings is 3. The van der Waals surface area contributed by atoms with Crippen LogP contribution >= 0.6 is 23.2 Å². The van der Waals surface area contributed by atoms with E-state index in [0.29, 0.717) is 15.7 Å². The molecule has 8 heteroatoms. The van der Waals surface area contributed by atoms with Gasteiger partial charge in [-0.15, -0.1) is 0 Å². The minimum absolute atomic E-state index is 0.00587. The lowest BCUT2D eigenvalue weighted by Crippen LogP contribution is -2.48. The summed E-state index contributed by atoms with van der Waals surface area (Å²) in [7, 11) is 0. The topological polar surface area (TPSA) is 57.6 Å².